The van der Waals surface area contributed by atoms with Gasteiger partial charge in [-0.2, -0.15) is 0 Å². The third-order valence-electron chi connectivity index (χ3n) is 5.76. The zero-order chi connectivity index (χ0) is 22.4. The fraction of sp³-hybridized carbons (Fsp3) is 0.522. The number of carbonyl (C=O) groups is 3. The lowest BCUT2D eigenvalue weighted by atomic mass is 10.1. The van der Waals surface area contributed by atoms with Crippen molar-refractivity contribution in [3.05, 3.63) is 28.7 Å². The number of amides is 3. The topological polar surface area (TPSA) is 70.2 Å². The molecule has 31 heavy (non-hydrogen) atoms. The van der Waals surface area contributed by atoms with Gasteiger partial charge in [0.05, 0.1) is 12.0 Å². The number of hydrogen-bond donors (Lipinski definition) is 0. The second kappa shape index (κ2) is 10.7. The summed E-state index contributed by atoms with van der Waals surface area (Å²) in [6.07, 6.45) is 5.84. The predicted molar refractivity (Wildman–Crippen MR) is 124 cm³/mol. The number of anilines is 1. The summed E-state index contributed by atoms with van der Waals surface area (Å²) in [4.78, 5) is 43.3. The molecule has 0 spiro atoms. The number of benzene rings is 1. The quantitative estimate of drug-likeness (QED) is 0.591. The highest BCUT2D eigenvalue weighted by Crippen LogP contribution is 2.35. The maximum absolute atomic E-state index is 12.9. The minimum absolute atomic E-state index is 0.161. The Kier molecular flexibility index (Phi) is 8.01. The van der Waals surface area contributed by atoms with Crippen LogP contribution in [0.4, 0.5) is 10.5 Å². The molecular weight excluding hydrogens is 414 g/mol. The molecule has 2 aliphatic heterocycles. The van der Waals surface area contributed by atoms with Crippen LogP contribution in [0.3, 0.4) is 0 Å². The van der Waals surface area contributed by atoms with Crippen LogP contribution in [0.15, 0.2) is 23.1 Å². The monoisotopic (exact) mass is 445 g/mol. The minimum atomic E-state index is -0.423. The first-order valence-electron chi connectivity index (χ1n) is 10.9. The van der Waals surface area contributed by atoms with Crippen molar-refractivity contribution in [1.82, 2.24) is 9.80 Å². The highest BCUT2D eigenvalue weighted by Gasteiger charge is 2.37. The summed E-state index contributed by atoms with van der Waals surface area (Å²) in [6.45, 7) is 7.13. The molecule has 2 aliphatic rings. The molecule has 0 atom stereocenters. The smallest absolute Gasteiger partial charge is 0.294 e. The molecule has 1 aromatic rings. The summed E-state index contributed by atoms with van der Waals surface area (Å²) < 4.78 is 5.53. The van der Waals surface area contributed by atoms with Crippen molar-refractivity contribution < 1.29 is 19.1 Å². The zero-order valence-electron chi connectivity index (χ0n) is 18.6. The summed E-state index contributed by atoms with van der Waals surface area (Å²) >= 11 is 0.870. The summed E-state index contributed by atoms with van der Waals surface area (Å²) in [6, 6.07) is 5.81. The van der Waals surface area contributed by atoms with Gasteiger partial charge in [-0.3, -0.25) is 19.3 Å². The van der Waals surface area contributed by atoms with Gasteiger partial charge in [-0.1, -0.05) is 12.8 Å². The number of rotatable bonds is 7. The Bertz CT molecular complexity index is 858. The molecule has 8 heteroatoms. The highest BCUT2D eigenvalue weighted by molar-refractivity contribution is 8.18. The van der Waals surface area contributed by atoms with Crippen LogP contribution in [0.25, 0.3) is 6.08 Å². The lowest BCUT2D eigenvalue weighted by Crippen LogP contribution is -2.42. The molecule has 3 rings (SSSR count). The van der Waals surface area contributed by atoms with Crippen LogP contribution >= 0.6 is 11.8 Å². The molecule has 0 unspecified atom stereocenters. The van der Waals surface area contributed by atoms with E-state index in [-0.39, 0.29) is 12.5 Å². The normalized spacial score (nSPS) is 18.5. The number of thioether (sulfide) groups is 1. The van der Waals surface area contributed by atoms with Crippen molar-refractivity contribution in [3.8, 4) is 5.75 Å². The SMILES string of the molecule is CCN(CC)c1ccc(C=C2SC(=O)N(CC(=O)N3CCCCCC3)C2=O)c(OC)c1. The Morgan fingerprint density at radius 2 is 1.81 bits per heavy atom. The van der Waals surface area contributed by atoms with Crippen LogP contribution in [0.1, 0.15) is 45.1 Å². The summed E-state index contributed by atoms with van der Waals surface area (Å²) in [7, 11) is 1.59. The largest absolute Gasteiger partial charge is 0.496 e. The minimum Gasteiger partial charge on any atom is -0.496 e. The second-order valence-electron chi connectivity index (χ2n) is 7.66. The van der Waals surface area contributed by atoms with E-state index in [4.69, 9.17) is 4.74 Å². The third kappa shape index (κ3) is 5.42. The Balaban J connectivity index is 1.76. The molecule has 0 aliphatic carbocycles. The fourth-order valence-corrected chi connectivity index (χ4v) is 4.77. The van der Waals surface area contributed by atoms with E-state index in [0.29, 0.717) is 23.7 Å². The Morgan fingerprint density at radius 1 is 1.13 bits per heavy atom. The number of ether oxygens (including phenoxy) is 1. The Hall–Kier alpha value is -2.48. The molecule has 2 fully saturated rings. The van der Waals surface area contributed by atoms with Crippen molar-refractivity contribution in [2.45, 2.75) is 39.5 Å². The average molecular weight is 446 g/mol. The van der Waals surface area contributed by atoms with Gasteiger partial charge in [0.1, 0.15) is 12.3 Å². The van der Waals surface area contributed by atoms with Gasteiger partial charge in [0.15, 0.2) is 0 Å². The molecule has 7 nitrogen and oxygen atoms in total. The lowest BCUT2D eigenvalue weighted by Gasteiger charge is -2.22. The number of carbonyl (C=O) groups excluding carboxylic acids is 3. The van der Waals surface area contributed by atoms with Gasteiger partial charge in [0, 0.05) is 43.5 Å². The predicted octanol–water partition coefficient (Wildman–Crippen LogP) is 3.98. The van der Waals surface area contributed by atoms with Crippen molar-refractivity contribution in [2.75, 3.05) is 44.7 Å². The van der Waals surface area contributed by atoms with E-state index in [2.05, 4.69) is 18.7 Å². The van der Waals surface area contributed by atoms with Crippen molar-refractivity contribution in [3.63, 3.8) is 0 Å². The van der Waals surface area contributed by atoms with Crippen molar-refractivity contribution >= 4 is 40.6 Å². The standard InChI is InChI=1S/C23H31N3O4S/c1-4-24(5-2)18-11-10-17(19(15-18)30-3)14-20-22(28)26(23(29)31-20)16-21(27)25-12-8-6-7-9-13-25/h10-11,14-15H,4-9,12-13,16H2,1-3H3. The number of imide groups is 1. The Labute approximate surface area is 188 Å². The van der Waals surface area contributed by atoms with Gasteiger partial charge in [-0.05, 0) is 56.7 Å². The van der Waals surface area contributed by atoms with Crippen LogP contribution in [-0.2, 0) is 9.59 Å². The first kappa shape index (κ1) is 23.2. The van der Waals surface area contributed by atoms with Crippen molar-refractivity contribution in [1.29, 1.82) is 0 Å². The third-order valence-corrected chi connectivity index (χ3v) is 6.67. The number of methoxy groups -OCH3 is 1. The van der Waals surface area contributed by atoms with E-state index in [1.807, 2.05) is 18.2 Å². The van der Waals surface area contributed by atoms with E-state index < -0.39 is 11.1 Å². The van der Waals surface area contributed by atoms with E-state index in [0.717, 1.165) is 66.7 Å². The van der Waals surface area contributed by atoms with Crippen LogP contribution < -0.4 is 9.64 Å². The van der Waals surface area contributed by atoms with Gasteiger partial charge in [0.2, 0.25) is 5.91 Å². The maximum atomic E-state index is 12.9. The first-order valence-corrected chi connectivity index (χ1v) is 11.8. The number of hydrogen-bond acceptors (Lipinski definition) is 6. The van der Waals surface area contributed by atoms with Crippen LogP contribution in [0, 0.1) is 0 Å². The molecular formula is C23H31N3O4S. The molecule has 168 valence electrons. The van der Waals surface area contributed by atoms with Gasteiger partial charge >= 0.3 is 0 Å². The van der Waals surface area contributed by atoms with Crippen LogP contribution in [0.5, 0.6) is 5.75 Å². The lowest BCUT2D eigenvalue weighted by molar-refractivity contribution is -0.135. The maximum Gasteiger partial charge on any atom is 0.294 e. The van der Waals surface area contributed by atoms with Gasteiger partial charge in [-0.25, -0.2) is 0 Å². The average Bonchev–Trinajstić information content (AvgIpc) is 2.97. The first-order chi connectivity index (χ1) is 15.0. The summed E-state index contributed by atoms with van der Waals surface area (Å²) in [5.41, 5.74) is 1.76. The molecule has 0 bridgehead atoms. The molecule has 2 heterocycles. The van der Waals surface area contributed by atoms with E-state index >= 15 is 0 Å². The van der Waals surface area contributed by atoms with E-state index in [9.17, 15) is 14.4 Å². The molecule has 0 saturated carbocycles. The fourth-order valence-electron chi connectivity index (χ4n) is 3.94. The second-order valence-corrected chi connectivity index (χ2v) is 8.65. The molecule has 1 aromatic carbocycles. The molecule has 0 radical (unpaired) electrons. The van der Waals surface area contributed by atoms with Gasteiger partial charge in [0.25, 0.3) is 11.1 Å². The number of nitrogens with zero attached hydrogens (tertiary/aromatic N) is 3. The molecule has 3 amide bonds. The summed E-state index contributed by atoms with van der Waals surface area (Å²) in [5.74, 6) is 0.0523. The zero-order valence-corrected chi connectivity index (χ0v) is 19.4. The number of likely N-dealkylation sites (tertiary alicyclic amines) is 1. The highest BCUT2D eigenvalue weighted by atomic mass is 32.2. The van der Waals surface area contributed by atoms with Crippen LogP contribution in [-0.4, -0.2) is 66.7 Å². The Morgan fingerprint density at radius 3 is 2.42 bits per heavy atom. The molecule has 0 aromatic heterocycles. The molecule has 2 saturated heterocycles. The molecule has 0 N–H and O–H groups in total. The van der Waals surface area contributed by atoms with Crippen LogP contribution in [0.2, 0.25) is 0 Å². The summed E-state index contributed by atoms with van der Waals surface area (Å²) in [5, 5.41) is -0.404. The van der Waals surface area contributed by atoms with Gasteiger partial charge in [-0.15, -0.1) is 0 Å². The van der Waals surface area contributed by atoms with Gasteiger partial charge < -0.3 is 14.5 Å². The van der Waals surface area contributed by atoms with E-state index in [1.54, 1.807) is 18.1 Å². The van der Waals surface area contributed by atoms with E-state index in [1.165, 1.54) is 0 Å². The van der Waals surface area contributed by atoms with Crippen molar-refractivity contribution in [2.24, 2.45) is 0 Å².